The molecule has 0 radical (unpaired) electrons. The summed E-state index contributed by atoms with van der Waals surface area (Å²) in [7, 11) is 1.72. The predicted molar refractivity (Wildman–Crippen MR) is 60.9 cm³/mol. The lowest BCUT2D eigenvalue weighted by molar-refractivity contribution is 0.190. The summed E-state index contributed by atoms with van der Waals surface area (Å²) in [6, 6.07) is 6.76. The van der Waals surface area contributed by atoms with Gasteiger partial charge in [-0.2, -0.15) is 0 Å². The fourth-order valence-electron chi connectivity index (χ4n) is 1.41. The number of hydrogen-bond donors (Lipinski definition) is 1. The molecule has 2 nitrogen and oxygen atoms in total. The molecule has 0 aliphatic heterocycles. The second-order valence-electron chi connectivity index (χ2n) is 3.80. The topological polar surface area (TPSA) is 21.3 Å². The summed E-state index contributed by atoms with van der Waals surface area (Å²) in [6.45, 7) is 7.09. The lowest BCUT2D eigenvalue weighted by Gasteiger charge is -2.15. The van der Waals surface area contributed by atoms with Crippen molar-refractivity contribution in [3.05, 3.63) is 29.3 Å². The van der Waals surface area contributed by atoms with Gasteiger partial charge in [0.25, 0.3) is 0 Å². The van der Waals surface area contributed by atoms with E-state index in [1.807, 2.05) is 0 Å². The lowest BCUT2D eigenvalue weighted by Crippen LogP contribution is -2.20. The van der Waals surface area contributed by atoms with E-state index >= 15 is 0 Å². The number of ether oxygens (including phenoxy) is 1. The van der Waals surface area contributed by atoms with Crippen LogP contribution < -0.4 is 5.32 Å². The Bertz CT molecular complexity index is 296. The largest absolute Gasteiger partial charge is 0.383 e. The second-order valence-corrected chi connectivity index (χ2v) is 3.80. The molecule has 0 aliphatic rings. The minimum absolute atomic E-state index is 0.349. The Morgan fingerprint density at radius 2 is 2.00 bits per heavy atom. The van der Waals surface area contributed by atoms with Crippen molar-refractivity contribution in [1.29, 1.82) is 0 Å². The Balaban J connectivity index is 2.63. The van der Waals surface area contributed by atoms with Gasteiger partial charge >= 0.3 is 0 Å². The van der Waals surface area contributed by atoms with Crippen LogP contribution in [0.5, 0.6) is 0 Å². The summed E-state index contributed by atoms with van der Waals surface area (Å²) in [5.41, 5.74) is 3.81. The smallest absolute Gasteiger partial charge is 0.0661 e. The third-order valence-electron chi connectivity index (χ3n) is 2.34. The van der Waals surface area contributed by atoms with Crippen LogP contribution >= 0.6 is 0 Å². The quantitative estimate of drug-likeness (QED) is 0.794. The lowest BCUT2D eigenvalue weighted by atomic mass is 10.1. The third-order valence-corrected chi connectivity index (χ3v) is 2.34. The number of anilines is 1. The molecule has 1 unspecified atom stereocenters. The molecule has 78 valence electrons. The summed E-state index contributed by atoms with van der Waals surface area (Å²) in [5, 5.41) is 3.39. The van der Waals surface area contributed by atoms with Gasteiger partial charge in [0.15, 0.2) is 0 Å². The Hall–Kier alpha value is -1.02. The first kappa shape index (κ1) is 11.1. The van der Waals surface area contributed by atoms with Crippen molar-refractivity contribution in [3.63, 3.8) is 0 Å². The van der Waals surface area contributed by atoms with Crippen LogP contribution in [-0.4, -0.2) is 19.8 Å². The van der Waals surface area contributed by atoms with Crippen LogP contribution in [0.3, 0.4) is 0 Å². The zero-order valence-corrected chi connectivity index (χ0v) is 9.42. The highest BCUT2D eigenvalue weighted by Crippen LogP contribution is 2.14. The van der Waals surface area contributed by atoms with Gasteiger partial charge in [-0.15, -0.1) is 0 Å². The van der Waals surface area contributed by atoms with E-state index in [0.29, 0.717) is 6.04 Å². The molecule has 0 spiro atoms. The van der Waals surface area contributed by atoms with Crippen molar-refractivity contribution < 1.29 is 4.74 Å². The fourth-order valence-corrected chi connectivity index (χ4v) is 1.41. The molecule has 0 saturated heterocycles. The highest BCUT2D eigenvalue weighted by atomic mass is 16.5. The summed E-state index contributed by atoms with van der Waals surface area (Å²) < 4.78 is 5.07. The van der Waals surface area contributed by atoms with Crippen LogP contribution in [0.25, 0.3) is 0 Å². The Morgan fingerprint density at radius 1 is 1.29 bits per heavy atom. The van der Waals surface area contributed by atoms with Crippen molar-refractivity contribution in [2.75, 3.05) is 19.0 Å². The fraction of sp³-hybridized carbons (Fsp3) is 0.500. The van der Waals surface area contributed by atoms with Crippen LogP contribution in [-0.2, 0) is 4.74 Å². The molecule has 1 aromatic carbocycles. The Morgan fingerprint density at radius 3 is 2.57 bits per heavy atom. The molecular weight excluding hydrogens is 174 g/mol. The van der Waals surface area contributed by atoms with Gasteiger partial charge in [0.05, 0.1) is 6.61 Å². The normalized spacial score (nSPS) is 12.6. The van der Waals surface area contributed by atoms with Crippen molar-refractivity contribution in [1.82, 2.24) is 0 Å². The van der Waals surface area contributed by atoms with Crippen molar-refractivity contribution in [2.45, 2.75) is 26.8 Å². The van der Waals surface area contributed by atoms with Gasteiger partial charge in [0.2, 0.25) is 0 Å². The van der Waals surface area contributed by atoms with E-state index in [2.05, 4.69) is 44.3 Å². The van der Waals surface area contributed by atoms with Gasteiger partial charge in [-0.3, -0.25) is 0 Å². The SMILES string of the molecule is COCC(C)Nc1ccc(C)c(C)c1. The molecule has 0 heterocycles. The van der Waals surface area contributed by atoms with Gasteiger partial charge in [0.1, 0.15) is 0 Å². The summed E-state index contributed by atoms with van der Waals surface area (Å²) in [5.74, 6) is 0. The van der Waals surface area contributed by atoms with Gasteiger partial charge in [-0.25, -0.2) is 0 Å². The number of hydrogen-bond acceptors (Lipinski definition) is 2. The minimum Gasteiger partial charge on any atom is -0.383 e. The van der Waals surface area contributed by atoms with Crippen molar-refractivity contribution >= 4 is 5.69 Å². The van der Waals surface area contributed by atoms with Crippen LogP contribution in [0.2, 0.25) is 0 Å². The standard InChI is InChI=1S/C12H19NO/c1-9-5-6-12(7-10(9)2)13-11(3)8-14-4/h5-7,11,13H,8H2,1-4H3. The monoisotopic (exact) mass is 193 g/mol. The van der Waals surface area contributed by atoms with E-state index in [4.69, 9.17) is 4.74 Å². The first-order valence-corrected chi connectivity index (χ1v) is 4.96. The molecule has 1 rings (SSSR count). The highest BCUT2D eigenvalue weighted by molar-refractivity contribution is 5.48. The second kappa shape index (κ2) is 5.01. The molecule has 0 aliphatic carbocycles. The zero-order valence-electron chi connectivity index (χ0n) is 9.42. The van der Waals surface area contributed by atoms with Gasteiger partial charge in [0, 0.05) is 18.8 Å². The summed E-state index contributed by atoms with van der Waals surface area (Å²) in [4.78, 5) is 0. The van der Waals surface area contributed by atoms with E-state index < -0.39 is 0 Å². The van der Waals surface area contributed by atoms with E-state index in [1.165, 1.54) is 11.1 Å². The maximum atomic E-state index is 5.07. The third kappa shape index (κ3) is 3.04. The minimum atomic E-state index is 0.349. The number of aryl methyl sites for hydroxylation is 2. The first-order valence-electron chi connectivity index (χ1n) is 4.96. The molecular formula is C12H19NO. The number of nitrogens with one attached hydrogen (secondary N) is 1. The molecule has 0 saturated carbocycles. The van der Waals surface area contributed by atoms with Crippen LogP contribution in [0.4, 0.5) is 5.69 Å². The maximum absolute atomic E-state index is 5.07. The first-order chi connectivity index (χ1) is 6.63. The molecule has 1 atom stereocenters. The van der Waals surface area contributed by atoms with Crippen LogP contribution in [0.1, 0.15) is 18.1 Å². The van der Waals surface area contributed by atoms with E-state index in [0.717, 1.165) is 12.3 Å². The summed E-state index contributed by atoms with van der Waals surface area (Å²) >= 11 is 0. The number of benzene rings is 1. The van der Waals surface area contributed by atoms with Gasteiger partial charge in [-0.1, -0.05) is 6.07 Å². The van der Waals surface area contributed by atoms with Crippen molar-refractivity contribution in [3.8, 4) is 0 Å². The zero-order chi connectivity index (χ0) is 10.6. The average molecular weight is 193 g/mol. The van der Waals surface area contributed by atoms with Crippen LogP contribution in [0, 0.1) is 13.8 Å². The molecule has 1 N–H and O–H groups in total. The van der Waals surface area contributed by atoms with Crippen LogP contribution in [0.15, 0.2) is 18.2 Å². The Labute approximate surface area is 86.3 Å². The van der Waals surface area contributed by atoms with E-state index in [1.54, 1.807) is 7.11 Å². The number of rotatable bonds is 4. The predicted octanol–water partition coefficient (Wildman–Crippen LogP) is 2.75. The number of methoxy groups -OCH3 is 1. The Kier molecular flexibility index (Phi) is 3.96. The van der Waals surface area contributed by atoms with E-state index in [-0.39, 0.29) is 0 Å². The molecule has 2 heteroatoms. The van der Waals surface area contributed by atoms with Gasteiger partial charge < -0.3 is 10.1 Å². The van der Waals surface area contributed by atoms with Gasteiger partial charge in [-0.05, 0) is 44.0 Å². The molecule has 14 heavy (non-hydrogen) atoms. The van der Waals surface area contributed by atoms with E-state index in [9.17, 15) is 0 Å². The molecule has 1 aromatic rings. The van der Waals surface area contributed by atoms with Crippen molar-refractivity contribution in [2.24, 2.45) is 0 Å². The summed E-state index contributed by atoms with van der Waals surface area (Å²) in [6.07, 6.45) is 0. The maximum Gasteiger partial charge on any atom is 0.0661 e. The molecule has 0 bridgehead atoms. The molecule has 0 fully saturated rings. The molecule has 0 amide bonds. The average Bonchev–Trinajstić information content (AvgIpc) is 2.12. The molecule has 0 aromatic heterocycles. The highest BCUT2D eigenvalue weighted by Gasteiger charge is 2.01.